The second kappa shape index (κ2) is 31.2. The van der Waals surface area contributed by atoms with E-state index in [-0.39, 0.29) is 12.4 Å². The fourth-order valence-corrected chi connectivity index (χ4v) is 3.00. The largest absolute Gasteiger partial charge is 0.469 e. The van der Waals surface area contributed by atoms with Gasteiger partial charge in [0.1, 0.15) is 0 Å². The second-order valence-electron chi connectivity index (χ2n) is 8.38. The molecule has 0 radical (unpaired) electrons. The smallest absolute Gasteiger partial charge is 0.307 e. The third-order valence-electron chi connectivity index (χ3n) is 5.14. The number of ether oxygens (including phenoxy) is 11. The van der Waals surface area contributed by atoms with Crippen LogP contribution < -0.4 is 0 Å². The van der Waals surface area contributed by atoms with Gasteiger partial charge < -0.3 is 52.1 Å². The van der Waals surface area contributed by atoms with Gasteiger partial charge >= 0.3 is 5.97 Å². The molecule has 0 amide bonds. The molecule has 0 saturated heterocycles. The molecule has 0 atom stereocenters. The summed E-state index contributed by atoms with van der Waals surface area (Å²) in [5.74, 6) is -0.284. The number of hydrogen-bond donors (Lipinski definition) is 0. The van der Waals surface area contributed by atoms with Crippen molar-refractivity contribution in [2.75, 3.05) is 133 Å². The van der Waals surface area contributed by atoms with Crippen LogP contribution in [0.5, 0.6) is 0 Å². The predicted molar refractivity (Wildman–Crippen MR) is 150 cm³/mol. The molecule has 0 aliphatic heterocycles. The number of rotatable bonds is 32. The molecule has 0 bridgehead atoms. The Morgan fingerprint density at radius 1 is 0.439 bits per heavy atom. The molecule has 1 aromatic carbocycles. The quantitative estimate of drug-likeness (QED) is 0.0901. The number of benzene rings is 1. The van der Waals surface area contributed by atoms with E-state index in [1.165, 1.54) is 7.11 Å². The van der Waals surface area contributed by atoms with Crippen LogP contribution in [0.2, 0.25) is 0 Å². The summed E-state index contributed by atoms with van der Waals surface area (Å²) in [5.41, 5.74) is 1.16. The maximum Gasteiger partial charge on any atom is 0.307 e. The fraction of sp³-hybridized carbons (Fsp3) is 0.759. The van der Waals surface area contributed by atoms with Crippen molar-refractivity contribution in [2.24, 2.45) is 0 Å². The molecule has 12 nitrogen and oxygen atoms in total. The Balaban J connectivity index is 1.63. The van der Waals surface area contributed by atoms with Crippen molar-refractivity contribution in [2.45, 2.75) is 13.0 Å². The Kier molecular flexibility index (Phi) is 28.4. The summed E-state index contributed by atoms with van der Waals surface area (Å²) in [7, 11) is 1.35. The van der Waals surface area contributed by atoms with Gasteiger partial charge in [-0.05, 0) is 5.56 Å². The number of carbonyl (C=O) groups is 1. The van der Waals surface area contributed by atoms with Crippen LogP contribution in [0.25, 0.3) is 0 Å². The van der Waals surface area contributed by atoms with Gasteiger partial charge in [0.2, 0.25) is 0 Å². The van der Waals surface area contributed by atoms with Gasteiger partial charge in [-0.3, -0.25) is 4.79 Å². The average molecular weight is 591 g/mol. The normalized spacial score (nSPS) is 11.2. The Morgan fingerprint density at radius 2 is 0.732 bits per heavy atom. The minimum absolute atomic E-state index is 0.247. The highest BCUT2D eigenvalue weighted by Gasteiger charge is 1.99. The summed E-state index contributed by atoms with van der Waals surface area (Å²) in [6.45, 7) is 10.00. The molecule has 0 unspecified atom stereocenters. The topological polar surface area (TPSA) is 119 Å². The van der Waals surface area contributed by atoms with Gasteiger partial charge in [-0.2, -0.15) is 0 Å². The molecule has 0 N–H and O–H groups in total. The SMILES string of the molecule is COC(=O)CCOCCOCCOCCOCCOCCOCCOCCOCCOCCOCc1ccccc1. The summed E-state index contributed by atoms with van der Waals surface area (Å²) < 4.78 is 58.9. The van der Waals surface area contributed by atoms with Crippen LogP contribution in [0.15, 0.2) is 30.3 Å². The van der Waals surface area contributed by atoms with E-state index in [4.69, 9.17) is 47.4 Å². The highest BCUT2D eigenvalue weighted by molar-refractivity contribution is 5.69. The van der Waals surface area contributed by atoms with E-state index < -0.39 is 0 Å². The maximum absolute atomic E-state index is 10.9. The highest BCUT2D eigenvalue weighted by Crippen LogP contribution is 2.00. The molecule has 238 valence electrons. The lowest BCUT2D eigenvalue weighted by molar-refractivity contribution is -0.141. The molecule has 0 heterocycles. The molecule has 0 spiro atoms. The fourth-order valence-electron chi connectivity index (χ4n) is 3.00. The standard InChI is InChI=1S/C29H50O12/c1-31-29(30)7-8-32-9-10-33-11-12-34-13-14-35-15-16-36-17-18-37-19-20-38-21-22-39-23-24-40-25-26-41-27-28-5-3-2-4-6-28/h2-6H,7-27H2,1H3. The first-order chi connectivity index (χ1) is 20.3. The molecule has 0 fully saturated rings. The summed E-state index contributed by atoms with van der Waals surface area (Å²) in [6, 6.07) is 10.1. The first-order valence-corrected chi connectivity index (χ1v) is 14.2. The molecule has 0 aliphatic carbocycles. The Labute approximate surface area is 244 Å². The van der Waals surface area contributed by atoms with Crippen molar-refractivity contribution in [3.05, 3.63) is 35.9 Å². The van der Waals surface area contributed by atoms with Gasteiger partial charge in [0.25, 0.3) is 0 Å². The molecular weight excluding hydrogens is 540 g/mol. The Morgan fingerprint density at radius 3 is 1.05 bits per heavy atom. The number of methoxy groups -OCH3 is 1. The molecule has 0 aliphatic rings. The summed E-state index contributed by atoms with van der Waals surface area (Å²) in [5, 5.41) is 0. The average Bonchev–Trinajstić information content (AvgIpc) is 3.00. The number of carbonyl (C=O) groups excluding carboxylic acids is 1. The minimum Gasteiger partial charge on any atom is -0.469 e. The summed E-state index contributed by atoms with van der Waals surface area (Å²) in [4.78, 5) is 10.9. The van der Waals surface area contributed by atoms with Crippen LogP contribution >= 0.6 is 0 Å². The van der Waals surface area contributed by atoms with Crippen molar-refractivity contribution >= 4 is 5.97 Å². The molecule has 1 aromatic rings. The van der Waals surface area contributed by atoms with E-state index in [9.17, 15) is 4.79 Å². The van der Waals surface area contributed by atoms with Gasteiger partial charge in [0, 0.05) is 0 Å². The molecular formula is C29H50O12. The van der Waals surface area contributed by atoms with Crippen molar-refractivity contribution in [1.29, 1.82) is 0 Å². The van der Waals surface area contributed by atoms with E-state index in [2.05, 4.69) is 4.74 Å². The van der Waals surface area contributed by atoms with Gasteiger partial charge in [-0.25, -0.2) is 0 Å². The van der Waals surface area contributed by atoms with Crippen molar-refractivity contribution in [3.63, 3.8) is 0 Å². The van der Waals surface area contributed by atoms with E-state index in [0.29, 0.717) is 132 Å². The summed E-state index contributed by atoms with van der Waals surface area (Å²) in [6.07, 6.45) is 0.247. The zero-order chi connectivity index (χ0) is 29.3. The van der Waals surface area contributed by atoms with E-state index >= 15 is 0 Å². The van der Waals surface area contributed by atoms with Crippen LogP contribution in [-0.2, 0) is 63.5 Å². The van der Waals surface area contributed by atoms with Crippen LogP contribution in [0.1, 0.15) is 12.0 Å². The number of esters is 1. The lowest BCUT2D eigenvalue weighted by Crippen LogP contribution is -2.15. The molecule has 12 heteroatoms. The van der Waals surface area contributed by atoms with Gasteiger partial charge in [0.15, 0.2) is 0 Å². The molecule has 0 saturated carbocycles. The third kappa shape index (κ3) is 28.2. The van der Waals surface area contributed by atoms with Crippen molar-refractivity contribution in [1.82, 2.24) is 0 Å². The van der Waals surface area contributed by atoms with Crippen LogP contribution in [0.3, 0.4) is 0 Å². The van der Waals surface area contributed by atoms with Gasteiger partial charge in [0.05, 0.1) is 146 Å². The first-order valence-electron chi connectivity index (χ1n) is 14.2. The summed E-state index contributed by atoms with van der Waals surface area (Å²) >= 11 is 0. The zero-order valence-corrected chi connectivity index (χ0v) is 24.6. The third-order valence-corrected chi connectivity index (χ3v) is 5.14. The van der Waals surface area contributed by atoms with Crippen LogP contribution in [0, 0.1) is 0 Å². The van der Waals surface area contributed by atoms with Crippen molar-refractivity contribution < 1.29 is 56.9 Å². The second-order valence-corrected chi connectivity index (χ2v) is 8.38. The molecule has 0 aromatic heterocycles. The first kappa shape index (κ1) is 37.3. The highest BCUT2D eigenvalue weighted by atomic mass is 16.6. The van der Waals surface area contributed by atoms with E-state index in [1.807, 2.05) is 30.3 Å². The zero-order valence-electron chi connectivity index (χ0n) is 24.6. The van der Waals surface area contributed by atoms with Crippen LogP contribution in [0.4, 0.5) is 0 Å². The van der Waals surface area contributed by atoms with Crippen molar-refractivity contribution in [3.8, 4) is 0 Å². The maximum atomic E-state index is 10.9. The lowest BCUT2D eigenvalue weighted by Gasteiger charge is -2.09. The predicted octanol–water partition coefficient (Wildman–Crippen LogP) is 1.92. The van der Waals surface area contributed by atoms with Gasteiger partial charge in [-0.15, -0.1) is 0 Å². The Bertz CT molecular complexity index is 664. The molecule has 41 heavy (non-hydrogen) atoms. The molecule has 1 rings (SSSR count). The number of hydrogen-bond acceptors (Lipinski definition) is 12. The van der Waals surface area contributed by atoms with E-state index in [1.54, 1.807) is 0 Å². The lowest BCUT2D eigenvalue weighted by atomic mass is 10.2. The van der Waals surface area contributed by atoms with Gasteiger partial charge in [-0.1, -0.05) is 30.3 Å². The monoisotopic (exact) mass is 590 g/mol. The van der Waals surface area contributed by atoms with E-state index in [0.717, 1.165) is 5.56 Å². The minimum atomic E-state index is -0.284. The van der Waals surface area contributed by atoms with Crippen LogP contribution in [-0.4, -0.2) is 139 Å². The Hall–Kier alpha value is -1.71.